The number of rotatable bonds is 6. The SMILES string of the molecule is COc1ccc(C2=NN(S(=O)(=O)c3ccc(Cl)cc3)C(c3ccccc3F)C2)cc1OC. The van der Waals surface area contributed by atoms with Crippen molar-refractivity contribution in [3.63, 3.8) is 0 Å². The Morgan fingerprint density at radius 3 is 2.34 bits per heavy atom. The lowest BCUT2D eigenvalue weighted by Crippen LogP contribution is -2.27. The van der Waals surface area contributed by atoms with Gasteiger partial charge in [0.2, 0.25) is 0 Å². The zero-order chi connectivity index (χ0) is 22.9. The molecule has 1 heterocycles. The maximum Gasteiger partial charge on any atom is 0.279 e. The molecule has 0 fully saturated rings. The van der Waals surface area contributed by atoms with E-state index < -0.39 is 21.9 Å². The molecule has 4 rings (SSSR count). The monoisotopic (exact) mass is 474 g/mol. The zero-order valence-electron chi connectivity index (χ0n) is 17.3. The Hall–Kier alpha value is -3.10. The van der Waals surface area contributed by atoms with Gasteiger partial charge in [-0.2, -0.15) is 17.9 Å². The first-order valence-corrected chi connectivity index (χ1v) is 11.5. The minimum absolute atomic E-state index is 0.0144. The van der Waals surface area contributed by atoms with E-state index in [0.717, 1.165) is 4.41 Å². The molecule has 166 valence electrons. The van der Waals surface area contributed by atoms with E-state index >= 15 is 0 Å². The molecule has 0 aromatic heterocycles. The van der Waals surface area contributed by atoms with Crippen molar-refractivity contribution in [1.29, 1.82) is 0 Å². The van der Waals surface area contributed by atoms with E-state index in [-0.39, 0.29) is 16.9 Å². The summed E-state index contributed by atoms with van der Waals surface area (Å²) in [6.07, 6.45) is 0.184. The fourth-order valence-corrected chi connectivity index (χ4v) is 5.14. The third-order valence-electron chi connectivity index (χ3n) is 5.21. The number of sulfonamides is 1. The Kier molecular flexibility index (Phi) is 6.08. The number of hydrogen-bond donors (Lipinski definition) is 0. The summed E-state index contributed by atoms with van der Waals surface area (Å²) in [4.78, 5) is 0.0144. The molecule has 0 N–H and O–H groups in total. The molecule has 6 nitrogen and oxygen atoms in total. The molecule has 0 saturated heterocycles. The molecule has 1 unspecified atom stereocenters. The van der Waals surface area contributed by atoms with Gasteiger partial charge in [-0.15, -0.1) is 0 Å². The van der Waals surface area contributed by atoms with E-state index in [2.05, 4.69) is 5.10 Å². The van der Waals surface area contributed by atoms with Gasteiger partial charge in [-0.3, -0.25) is 0 Å². The topological polar surface area (TPSA) is 68.2 Å². The Labute approximate surface area is 190 Å². The van der Waals surface area contributed by atoms with E-state index in [4.69, 9.17) is 21.1 Å². The number of hydrogen-bond acceptors (Lipinski definition) is 5. The Morgan fingerprint density at radius 2 is 1.69 bits per heavy atom. The van der Waals surface area contributed by atoms with Gasteiger partial charge in [-0.05, 0) is 48.5 Å². The Balaban J connectivity index is 1.82. The second kappa shape index (κ2) is 8.80. The lowest BCUT2D eigenvalue weighted by Gasteiger charge is -2.23. The Bertz CT molecular complexity index is 1280. The number of methoxy groups -OCH3 is 2. The second-order valence-corrected chi connectivity index (χ2v) is 9.32. The minimum Gasteiger partial charge on any atom is -0.493 e. The van der Waals surface area contributed by atoms with Gasteiger partial charge in [0.05, 0.1) is 30.9 Å². The van der Waals surface area contributed by atoms with Crippen LogP contribution in [0.15, 0.2) is 76.7 Å². The van der Waals surface area contributed by atoms with Crippen LogP contribution < -0.4 is 9.47 Å². The summed E-state index contributed by atoms with van der Waals surface area (Å²) >= 11 is 5.92. The lowest BCUT2D eigenvalue weighted by atomic mass is 9.98. The zero-order valence-corrected chi connectivity index (χ0v) is 18.9. The first-order chi connectivity index (χ1) is 15.3. The van der Waals surface area contributed by atoms with E-state index in [1.807, 2.05) is 0 Å². The molecule has 0 saturated carbocycles. The minimum atomic E-state index is -4.07. The summed E-state index contributed by atoms with van der Waals surface area (Å²) in [5.41, 5.74) is 1.37. The standard InChI is InChI=1S/C23H20ClFN2O4S/c1-30-22-12-7-15(13-23(22)31-2)20-14-21(18-5-3-4-6-19(18)25)27(26-20)32(28,29)17-10-8-16(24)9-11-17/h3-13,21H,14H2,1-2H3. The van der Waals surface area contributed by atoms with Crippen LogP contribution in [0.2, 0.25) is 5.02 Å². The van der Waals surface area contributed by atoms with Crippen LogP contribution in [0.4, 0.5) is 4.39 Å². The van der Waals surface area contributed by atoms with Crippen molar-refractivity contribution < 1.29 is 22.3 Å². The molecule has 0 bridgehead atoms. The van der Waals surface area contributed by atoms with Crippen molar-refractivity contribution in [1.82, 2.24) is 4.41 Å². The number of halogens is 2. The quantitative estimate of drug-likeness (QED) is 0.502. The van der Waals surface area contributed by atoms with E-state index in [9.17, 15) is 12.8 Å². The van der Waals surface area contributed by atoms with Crippen LogP contribution in [0.5, 0.6) is 11.5 Å². The van der Waals surface area contributed by atoms with Gasteiger partial charge in [0.1, 0.15) is 5.82 Å². The van der Waals surface area contributed by atoms with Crippen molar-refractivity contribution in [3.05, 3.63) is 88.7 Å². The highest BCUT2D eigenvalue weighted by atomic mass is 35.5. The molecule has 0 spiro atoms. The molecule has 3 aromatic rings. The first kappa shape index (κ1) is 22.1. The van der Waals surface area contributed by atoms with Crippen LogP contribution in [0.1, 0.15) is 23.6 Å². The van der Waals surface area contributed by atoms with Gasteiger partial charge in [-0.1, -0.05) is 29.8 Å². The van der Waals surface area contributed by atoms with Gasteiger partial charge in [0.25, 0.3) is 10.0 Å². The van der Waals surface area contributed by atoms with E-state index in [1.54, 1.807) is 36.4 Å². The van der Waals surface area contributed by atoms with Crippen LogP contribution in [0.3, 0.4) is 0 Å². The van der Waals surface area contributed by atoms with Gasteiger partial charge >= 0.3 is 0 Å². The first-order valence-electron chi connectivity index (χ1n) is 9.69. The maximum atomic E-state index is 14.7. The van der Waals surface area contributed by atoms with Crippen molar-refractivity contribution in [2.24, 2.45) is 5.10 Å². The number of hydrazone groups is 1. The summed E-state index contributed by atoms with van der Waals surface area (Å²) in [5, 5.41) is 4.83. The number of benzene rings is 3. The van der Waals surface area contributed by atoms with Gasteiger partial charge in [0.15, 0.2) is 11.5 Å². The maximum absolute atomic E-state index is 14.7. The molecule has 0 amide bonds. The predicted octanol–water partition coefficient (Wildman–Crippen LogP) is 5.04. The normalized spacial score (nSPS) is 16.1. The molecule has 1 aliphatic rings. The third-order valence-corrected chi connectivity index (χ3v) is 7.16. The fourth-order valence-electron chi connectivity index (χ4n) is 3.59. The summed E-state index contributed by atoms with van der Waals surface area (Å²) in [6.45, 7) is 0. The third kappa shape index (κ3) is 4.03. The summed E-state index contributed by atoms with van der Waals surface area (Å²) in [6, 6.07) is 16.2. The van der Waals surface area contributed by atoms with Crippen LogP contribution in [0.25, 0.3) is 0 Å². The van der Waals surface area contributed by atoms with Crippen molar-refractivity contribution in [2.75, 3.05) is 14.2 Å². The molecule has 9 heteroatoms. The van der Waals surface area contributed by atoms with Crippen LogP contribution in [0, 0.1) is 5.82 Å². The highest BCUT2D eigenvalue weighted by Gasteiger charge is 2.39. The molecule has 1 aliphatic heterocycles. The van der Waals surface area contributed by atoms with Crippen LogP contribution in [-0.2, 0) is 10.0 Å². The highest BCUT2D eigenvalue weighted by Crippen LogP contribution is 2.39. The van der Waals surface area contributed by atoms with E-state index in [0.29, 0.717) is 27.8 Å². The average Bonchev–Trinajstić information content (AvgIpc) is 3.25. The number of ether oxygens (including phenoxy) is 2. The highest BCUT2D eigenvalue weighted by molar-refractivity contribution is 7.89. The summed E-state index contributed by atoms with van der Waals surface area (Å²) in [7, 11) is -1.04. The predicted molar refractivity (Wildman–Crippen MR) is 120 cm³/mol. The fraction of sp³-hybridized carbons (Fsp3) is 0.174. The van der Waals surface area contributed by atoms with Crippen LogP contribution in [-0.4, -0.2) is 32.8 Å². The molecular weight excluding hydrogens is 455 g/mol. The number of nitrogens with zero attached hydrogens (tertiary/aromatic N) is 2. The molecular formula is C23H20ClFN2O4S. The van der Waals surface area contributed by atoms with Gasteiger partial charge < -0.3 is 9.47 Å². The second-order valence-electron chi connectivity index (χ2n) is 7.09. The molecule has 32 heavy (non-hydrogen) atoms. The molecule has 1 atom stereocenters. The smallest absolute Gasteiger partial charge is 0.279 e. The van der Waals surface area contributed by atoms with Gasteiger partial charge in [-0.25, -0.2) is 4.39 Å². The van der Waals surface area contributed by atoms with Gasteiger partial charge in [0, 0.05) is 22.6 Å². The van der Waals surface area contributed by atoms with Crippen LogP contribution >= 0.6 is 11.6 Å². The van der Waals surface area contributed by atoms with Crippen molar-refractivity contribution in [3.8, 4) is 11.5 Å². The largest absolute Gasteiger partial charge is 0.493 e. The summed E-state index contributed by atoms with van der Waals surface area (Å²) in [5.74, 6) is 0.512. The Morgan fingerprint density at radius 1 is 1.00 bits per heavy atom. The molecule has 0 radical (unpaired) electrons. The van der Waals surface area contributed by atoms with Crippen molar-refractivity contribution >= 4 is 27.3 Å². The average molecular weight is 475 g/mol. The molecule has 0 aliphatic carbocycles. The van der Waals surface area contributed by atoms with Crippen molar-refractivity contribution in [2.45, 2.75) is 17.4 Å². The lowest BCUT2D eigenvalue weighted by molar-refractivity contribution is 0.355. The summed E-state index contributed by atoms with van der Waals surface area (Å²) < 4.78 is 53.2. The molecule has 3 aromatic carbocycles. The van der Waals surface area contributed by atoms with E-state index in [1.165, 1.54) is 44.6 Å².